The Balaban J connectivity index is 2.60. The quantitative estimate of drug-likeness (QED) is 0.813. The highest BCUT2D eigenvalue weighted by Crippen LogP contribution is 2.31. The van der Waals surface area contributed by atoms with Gasteiger partial charge in [0.2, 0.25) is 0 Å². The van der Waals surface area contributed by atoms with Gasteiger partial charge in [0.15, 0.2) is 5.82 Å². The molecule has 0 bridgehead atoms. The molecule has 18 heavy (non-hydrogen) atoms. The Morgan fingerprint density at radius 3 is 2.33 bits per heavy atom. The molecule has 0 aliphatic carbocycles. The van der Waals surface area contributed by atoms with Gasteiger partial charge in [-0.3, -0.25) is 5.10 Å². The molecule has 1 N–H and O–H groups in total. The Labute approximate surface area is 105 Å². The van der Waals surface area contributed by atoms with E-state index in [0.717, 1.165) is 4.68 Å². The number of aryl methyl sites for hydroxylation is 1. The molecule has 0 aliphatic heterocycles. The number of hydrogen-bond donors (Lipinski definition) is 1. The number of hydrogen-bond acceptors (Lipinski definition) is 3. The van der Waals surface area contributed by atoms with Crippen molar-refractivity contribution in [1.82, 2.24) is 20.0 Å². The standard InChI is InChI=1S/C10H9F3N4S/c1-5-3-4-7(15-14-5)17-9(18)6(2)8(16-17)10(11,12)13/h3-4,16H,1-2H3. The maximum Gasteiger partial charge on any atom is 0.433 e. The number of nitrogens with one attached hydrogen (secondary N) is 1. The number of nitrogens with zero attached hydrogens (tertiary/aromatic N) is 3. The molecule has 0 atom stereocenters. The summed E-state index contributed by atoms with van der Waals surface area (Å²) in [4.78, 5) is 0. The average Bonchev–Trinajstić information content (AvgIpc) is 2.57. The van der Waals surface area contributed by atoms with E-state index in [0.29, 0.717) is 5.69 Å². The molecule has 2 heterocycles. The van der Waals surface area contributed by atoms with Gasteiger partial charge < -0.3 is 0 Å². The molecule has 2 aromatic rings. The summed E-state index contributed by atoms with van der Waals surface area (Å²) >= 11 is 4.96. The smallest absolute Gasteiger partial charge is 0.287 e. The minimum Gasteiger partial charge on any atom is -0.287 e. The Hall–Kier alpha value is -1.70. The highest BCUT2D eigenvalue weighted by atomic mass is 32.1. The SMILES string of the molecule is Cc1ccc(-n2[nH]c(C(F)(F)F)c(C)c2=S)nn1. The van der Waals surface area contributed by atoms with Crippen LogP contribution in [-0.2, 0) is 6.18 Å². The van der Waals surface area contributed by atoms with Gasteiger partial charge in [-0.2, -0.15) is 18.3 Å². The molecule has 2 aromatic heterocycles. The van der Waals surface area contributed by atoms with Crippen molar-refractivity contribution in [2.75, 3.05) is 0 Å². The van der Waals surface area contributed by atoms with E-state index in [1.54, 1.807) is 19.1 Å². The molecule has 0 amide bonds. The predicted molar refractivity (Wildman–Crippen MR) is 61.0 cm³/mol. The number of alkyl halides is 3. The number of H-pyrrole nitrogens is 1. The molecule has 0 radical (unpaired) electrons. The van der Waals surface area contributed by atoms with Crippen molar-refractivity contribution in [2.45, 2.75) is 20.0 Å². The van der Waals surface area contributed by atoms with Crippen LogP contribution < -0.4 is 0 Å². The first-order valence-corrected chi connectivity index (χ1v) is 5.41. The van der Waals surface area contributed by atoms with E-state index in [9.17, 15) is 13.2 Å². The number of rotatable bonds is 1. The third-order valence-corrected chi connectivity index (χ3v) is 2.91. The van der Waals surface area contributed by atoms with Gasteiger partial charge >= 0.3 is 6.18 Å². The minimum atomic E-state index is -4.47. The van der Waals surface area contributed by atoms with Crippen molar-refractivity contribution in [3.8, 4) is 5.82 Å². The lowest BCUT2D eigenvalue weighted by Gasteiger charge is -2.04. The molecule has 0 saturated carbocycles. The summed E-state index contributed by atoms with van der Waals surface area (Å²) in [7, 11) is 0. The summed E-state index contributed by atoms with van der Waals surface area (Å²) in [6.07, 6.45) is -4.47. The van der Waals surface area contributed by atoms with Crippen molar-refractivity contribution in [2.24, 2.45) is 0 Å². The van der Waals surface area contributed by atoms with Crippen molar-refractivity contribution in [3.05, 3.63) is 33.7 Å². The molecule has 0 spiro atoms. The highest BCUT2D eigenvalue weighted by molar-refractivity contribution is 7.71. The fourth-order valence-electron chi connectivity index (χ4n) is 1.47. The van der Waals surface area contributed by atoms with Crippen LogP contribution in [0.2, 0.25) is 0 Å². The first kappa shape index (κ1) is 12.7. The molecule has 8 heteroatoms. The molecule has 0 aliphatic rings. The van der Waals surface area contributed by atoms with E-state index in [1.807, 2.05) is 0 Å². The molecule has 0 fully saturated rings. The minimum absolute atomic E-state index is 0.0279. The molecule has 96 valence electrons. The summed E-state index contributed by atoms with van der Waals surface area (Å²) in [5.41, 5.74) is -0.223. The summed E-state index contributed by atoms with van der Waals surface area (Å²) in [6, 6.07) is 3.20. The van der Waals surface area contributed by atoms with Gasteiger partial charge in [-0.05, 0) is 26.0 Å². The maximum absolute atomic E-state index is 12.7. The molecule has 0 unspecified atom stereocenters. The van der Waals surface area contributed by atoms with Crippen LogP contribution >= 0.6 is 12.2 Å². The van der Waals surface area contributed by atoms with Crippen LogP contribution in [0.15, 0.2) is 12.1 Å². The van der Waals surface area contributed by atoms with Gasteiger partial charge in [0.05, 0.1) is 5.69 Å². The Morgan fingerprint density at radius 2 is 1.89 bits per heavy atom. The molecule has 0 saturated heterocycles. The zero-order valence-electron chi connectivity index (χ0n) is 9.54. The lowest BCUT2D eigenvalue weighted by molar-refractivity contribution is -0.141. The zero-order valence-corrected chi connectivity index (χ0v) is 10.4. The third-order valence-electron chi connectivity index (χ3n) is 2.42. The summed E-state index contributed by atoms with van der Waals surface area (Å²) < 4.78 is 39.2. The fraction of sp³-hybridized carbons (Fsp3) is 0.300. The normalized spacial score (nSPS) is 11.8. The first-order chi connectivity index (χ1) is 8.30. The van der Waals surface area contributed by atoms with Crippen LogP contribution in [0.3, 0.4) is 0 Å². The molecular formula is C10H9F3N4S. The van der Waals surface area contributed by atoms with Crippen LogP contribution in [0, 0.1) is 18.5 Å². The van der Waals surface area contributed by atoms with Crippen LogP contribution in [0.25, 0.3) is 5.82 Å². The lowest BCUT2D eigenvalue weighted by atomic mass is 10.3. The number of halogens is 3. The van der Waals surface area contributed by atoms with Gasteiger partial charge in [-0.25, -0.2) is 4.68 Å². The number of aromatic nitrogens is 4. The summed E-state index contributed by atoms with van der Waals surface area (Å²) in [6.45, 7) is 3.05. The molecular weight excluding hydrogens is 265 g/mol. The topological polar surface area (TPSA) is 46.5 Å². The van der Waals surface area contributed by atoms with Crippen molar-refractivity contribution < 1.29 is 13.2 Å². The van der Waals surface area contributed by atoms with Crippen LogP contribution in [0.1, 0.15) is 17.0 Å². The van der Waals surface area contributed by atoms with Crippen molar-refractivity contribution in [3.63, 3.8) is 0 Å². The first-order valence-electron chi connectivity index (χ1n) is 5.00. The Bertz CT molecular complexity index is 624. The molecule has 2 rings (SSSR count). The second kappa shape index (κ2) is 4.20. The number of aromatic amines is 1. The van der Waals surface area contributed by atoms with Crippen molar-refractivity contribution in [1.29, 1.82) is 0 Å². The van der Waals surface area contributed by atoms with Gasteiger partial charge in [-0.1, -0.05) is 12.2 Å². The second-order valence-electron chi connectivity index (χ2n) is 3.78. The van der Waals surface area contributed by atoms with Crippen LogP contribution in [0.4, 0.5) is 13.2 Å². The predicted octanol–water partition coefficient (Wildman–Crippen LogP) is 2.96. The van der Waals surface area contributed by atoms with E-state index >= 15 is 0 Å². The fourth-order valence-corrected chi connectivity index (χ4v) is 1.71. The van der Waals surface area contributed by atoms with E-state index in [4.69, 9.17) is 12.2 Å². The van der Waals surface area contributed by atoms with E-state index in [1.165, 1.54) is 6.92 Å². The third kappa shape index (κ3) is 2.15. The van der Waals surface area contributed by atoms with Gasteiger partial charge in [-0.15, -0.1) is 5.10 Å². The summed E-state index contributed by atoms with van der Waals surface area (Å²) in [5, 5.41) is 9.78. The average molecular weight is 274 g/mol. The van der Waals surface area contributed by atoms with Crippen LogP contribution in [0.5, 0.6) is 0 Å². The Kier molecular flexibility index (Phi) is 2.97. The lowest BCUT2D eigenvalue weighted by Crippen LogP contribution is -2.09. The van der Waals surface area contributed by atoms with Gasteiger partial charge in [0.25, 0.3) is 0 Å². The summed E-state index contributed by atoms with van der Waals surface area (Å²) in [5.74, 6) is 0.226. The largest absolute Gasteiger partial charge is 0.433 e. The van der Waals surface area contributed by atoms with E-state index in [2.05, 4.69) is 15.3 Å². The Morgan fingerprint density at radius 1 is 1.22 bits per heavy atom. The van der Waals surface area contributed by atoms with Gasteiger partial charge in [0.1, 0.15) is 10.3 Å². The molecule has 4 nitrogen and oxygen atoms in total. The molecule has 0 aromatic carbocycles. The maximum atomic E-state index is 12.7. The zero-order chi connectivity index (χ0) is 13.5. The van der Waals surface area contributed by atoms with Crippen molar-refractivity contribution >= 4 is 12.2 Å². The van der Waals surface area contributed by atoms with E-state index in [-0.39, 0.29) is 16.0 Å². The van der Waals surface area contributed by atoms with Crippen LogP contribution in [-0.4, -0.2) is 20.0 Å². The second-order valence-corrected chi connectivity index (χ2v) is 4.17. The van der Waals surface area contributed by atoms with Gasteiger partial charge in [0, 0.05) is 5.56 Å². The van der Waals surface area contributed by atoms with E-state index < -0.39 is 11.9 Å². The monoisotopic (exact) mass is 274 g/mol. The highest BCUT2D eigenvalue weighted by Gasteiger charge is 2.35.